The fraction of sp³-hybridized carbons (Fsp3) is 0.429. The molecular formula is C28H31FN2O5S2. The molecular weight excluding hydrogens is 527 g/mol. The van der Waals surface area contributed by atoms with E-state index < -0.39 is 27.4 Å². The number of hydrogen-bond donors (Lipinski definition) is 2. The van der Waals surface area contributed by atoms with E-state index in [1.807, 2.05) is 12.1 Å². The molecule has 38 heavy (non-hydrogen) atoms. The fourth-order valence-electron chi connectivity index (χ4n) is 6.52. The van der Waals surface area contributed by atoms with Crippen LogP contribution in [0.25, 0.3) is 10.6 Å². The SMILES string of the molecule is COc1cc(C(=O)O)c(F)cc1NS(=O)(=O)c1csc(-c2ccc(C3(C)CC4CC(C)CC(C4)C3)cc2)n1. The number of methoxy groups -OCH3 is 1. The Bertz CT molecular complexity index is 1450. The van der Waals surface area contributed by atoms with Crippen LogP contribution < -0.4 is 9.46 Å². The predicted octanol–water partition coefficient (Wildman–Crippen LogP) is 6.56. The number of ether oxygens (including phenoxy) is 1. The molecule has 2 bridgehead atoms. The molecule has 7 nitrogen and oxygen atoms in total. The number of sulfonamides is 1. The van der Waals surface area contributed by atoms with Crippen molar-refractivity contribution in [2.45, 2.75) is 56.4 Å². The molecule has 2 unspecified atom stereocenters. The molecule has 5 rings (SSSR count). The standard InChI is InChI=1S/C28H31FN2O5S2/c1-16-8-17-10-18(9-16)14-28(2,13-17)20-6-4-19(5-7-20)26-30-25(15-37-26)38(34,35)31-23-12-22(29)21(27(32)33)11-24(23)36-3/h4-7,11-12,15-18,31H,8-10,13-14H2,1-3H3,(H,32,33). The molecule has 0 amide bonds. The first-order valence-corrected chi connectivity index (χ1v) is 15.0. The van der Waals surface area contributed by atoms with E-state index in [2.05, 4.69) is 35.7 Å². The highest BCUT2D eigenvalue weighted by molar-refractivity contribution is 7.92. The molecule has 202 valence electrons. The summed E-state index contributed by atoms with van der Waals surface area (Å²) in [5.74, 6) is -0.296. The number of nitrogens with one attached hydrogen (secondary N) is 1. The van der Waals surface area contributed by atoms with Gasteiger partial charge in [0.1, 0.15) is 16.6 Å². The summed E-state index contributed by atoms with van der Waals surface area (Å²) in [6.07, 6.45) is 6.39. The zero-order valence-corrected chi connectivity index (χ0v) is 23.2. The average molecular weight is 559 g/mol. The largest absolute Gasteiger partial charge is 0.495 e. The van der Waals surface area contributed by atoms with Gasteiger partial charge in [-0.25, -0.2) is 14.2 Å². The minimum absolute atomic E-state index is 0.117. The second-order valence-corrected chi connectivity index (χ2v) is 13.5. The van der Waals surface area contributed by atoms with E-state index in [4.69, 9.17) is 9.84 Å². The van der Waals surface area contributed by atoms with Crippen LogP contribution in [0.4, 0.5) is 10.1 Å². The van der Waals surface area contributed by atoms with Crippen LogP contribution in [-0.2, 0) is 15.4 Å². The molecule has 1 heterocycles. The summed E-state index contributed by atoms with van der Waals surface area (Å²) < 4.78 is 47.6. The summed E-state index contributed by atoms with van der Waals surface area (Å²) in [6.45, 7) is 4.75. The molecule has 2 N–H and O–H groups in total. The second kappa shape index (κ2) is 9.96. The normalized spacial score (nSPS) is 25.1. The summed E-state index contributed by atoms with van der Waals surface area (Å²) in [4.78, 5) is 15.5. The number of carboxylic acid groups (broad SMARTS) is 1. The Morgan fingerprint density at radius 1 is 1.16 bits per heavy atom. The molecule has 3 aromatic rings. The van der Waals surface area contributed by atoms with Gasteiger partial charge in [-0.15, -0.1) is 11.3 Å². The van der Waals surface area contributed by atoms with Crippen LogP contribution in [0.3, 0.4) is 0 Å². The molecule has 10 heteroatoms. The number of benzene rings is 2. The van der Waals surface area contributed by atoms with Crippen molar-refractivity contribution in [1.82, 2.24) is 4.98 Å². The van der Waals surface area contributed by atoms with Crippen LogP contribution >= 0.6 is 11.3 Å². The number of carbonyl (C=O) groups is 1. The smallest absolute Gasteiger partial charge is 0.338 e. The van der Waals surface area contributed by atoms with Gasteiger partial charge in [0.15, 0.2) is 5.03 Å². The lowest BCUT2D eigenvalue weighted by atomic mass is 9.57. The third kappa shape index (κ3) is 5.16. The Morgan fingerprint density at radius 3 is 2.42 bits per heavy atom. The van der Waals surface area contributed by atoms with Gasteiger partial charge in [0, 0.05) is 17.0 Å². The quantitative estimate of drug-likeness (QED) is 0.340. The molecule has 0 aliphatic heterocycles. The summed E-state index contributed by atoms with van der Waals surface area (Å²) >= 11 is 1.20. The highest BCUT2D eigenvalue weighted by atomic mass is 32.2. The van der Waals surface area contributed by atoms with Crippen LogP contribution in [-0.4, -0.2) is 31.6 Å². The summed E-state index contributed by atoms with van der Waals surface area (Å²) in [5, 5.41) is 10.9. The Morgan fingerprint density at radius 2 is 1.82 bits per heavy atom. The molecule has 0 saturated heterocycles. The number of thiazole rings is 1. The van der Waals surface area contributed by atoms with Gasteiger partial charge in [0.25, 0.3) is 10.0 Å². The van der Waals surface area contributed by atoms with E-state index in [0.717, 1.165) is 35.4 Å². The molecule has 2 saturated carbocycles. The van der Waals surface area contributed by atoms with Crippen LogP contribution in [0.2, 0.25) is 0 Å². The first-order valence-electron chi connectivity index (χ1n) is 12.7. The third-order valence-electron chi connectivity index (χ3n) is 7.97. The summed E-state index contributed by atoms with van der Waals surface area (Å²) in [5.41, 5.74) is 1.45. The molecule has 1 aromatic heterocycles. The van der Waals surface area contributed by atoms with Gasteiger partial charge in [-0.2, -0.15) is 8.42 Å². The number of anilines is 1. The maximum atomic E-state index is 14.2. The van der Waals surface area contributed by atoms with Crippen LogP contribution in [0.5, 0.6) is 5.75 Å². The maximum Gasteiger partial charge on any atom is 0.338 e. The molecule has 2 aliphatic rings. The van der Waals surface area contributed by atoms with Crippen molar-refractivity contribution >= 4 is 33.0 Å². The number of carboxylic acids is 1. The first kappa shape index (κ1) is 26.6. The van der Waals surface area contributed by atoms with E-state index in [9.17, 15) is 17.6 Å². The van der Waals surface area contributed by atoms with Crippen LogP contribution in [0.1, 0.15) is 61.9 Å². The number of nitrogens with zero attached hydrogens (tertiary/aromatic N) is 1. The lowest BCUT2D eigenvalue weighted by Gasteiger charge is -2.47. The Kier molecular flexibility index (Phi) is 6.98. The third-order valence-corrected chi connectivity index (χ3v) is 10.3. The Labute approximate surface area is 226 Å². The molecule has 0 spiro atoms. The maximum absolute atomic E-state index is 14.2. The van der Waals surface area contributed by atoms with Crippen molar-refractivity contribution in [2.75, 3.05) is 11.8 Å². The predicted molar refractivity (Wildman–Crippen MR) is 145 cm³/mol. The van der Waals surface area contributed by atoms with Gasteiger partial charge in [-0.3, -0.25) is 4.72 Å². The van der Waals surface area contributed by atoms with E-state index in [1.165, 1.54) is 61.5 Å². The lowest BCUT2D eigenvalue weighted by molar-refractivity contribution is 0.0691. The lowest BCUT2D eigenvalue weighted by Crippen LogP contribution is -2.38. The van der Waals surface area contributed by atoms with Gasteiger partial charge in [0.05, 0.1) is 18.4 Å². The molecule has 2 aromatic carbocycles. The van der Waals surface area contributed by atoms with Gasteiger partial charge in [-0.05, 0) is 66.9 Å². The van der Waals surface area contributed by atoms with Crippen molar-refractivity contribution in [3.63, 3.8) is 0 Å². The van der Waals surface area contributed by atoms with Crippen LogP contribution in [0, 0.1) is 23.6 Å². The van der Waals surface area contributed by atoms with Gasteiger partial charge < -0.3 is 9.84 Å². The van der Waals surface area contributed by atoms with E-state index in [-0.39, 0.29) is 21.9 Å². The van der Waals surface area contributed by atoms with Gasteiger partial charge in [0.2, 0.25) is 0 Å². The Hall–Kier alpha value is -2.98. The fourth-order valence-corrected chi connectivity index (χ4v) is 8.68. The Balaban J connectivity index is 1.35. The molecule has 2 atom stereocenters. The zero-order chi connectivity index (χ0) is 27.2. The minimum Gasteiger partial charge on any atom is -0.495 e. The highest BCUT2D eigenvalue weighted by Gasteiger charge is 2.41. The van der Waals surface area contributed by atoms with Crippen molar-refractivity contribution in [3.8, 4) is 16.3 Å². The topological polar surface area (TPSA) is 106 Å². The molecule has 2 fully saturated rings. The van der Waals surface area contributed by atoms with E-state index in [1.54, 1.807) is 0 Å². The minimum atomic E-state index is -4.18. The zero-order valence-electron chi connectivity index (χ0n) is 21.5. The van der Waals surface area contributed by atoms with Gasteiger partial charge in [-0.1, -0.05) is 38.1 Å². The summed E-state index contributed by atoms with van der Waals surface area (Å²) in [6, 6.07) is 10.0. The highest BCUT2D eigenvalue weighted by Crippen LogP contribution is 2.51. The second-order valence-electron chi connectivity index (χ2n) is 11.0. The van der Waals surface area contributed by atoms with Crippen molar-refractivity contribution in [1.29, 1.82) is 0 Å². The van der Waals surface area contributed by atoms with Crippen molar-refractivity contribution < 1.29 is 27.4 Å². The average Bonchev–Trinajstić information content (AvgIpc) is 3.34. The van der Waals surface area contributed by atoms with E-state index in [0.29, 0.717) is 5.01 Å². The number of fused-ring (bicyclic) bond motifs is 2. The molecule has 2 aliphatic carbocycles. The molecule has 0 radical (unpaired) electrons. The van der Waals surface area contributed by atoms with Crippen molar-refractivity contribution in [2.24, 2.45) is 17.8 Å². The number of halogens is 1. The summed E-state index contributed by atoms with van der Waals surface area (Å²) in [7, 11) is -2.94. The number of hydrogen-bond acceptors (Lipinski definition) is 6. The van der Waals surface area contributed by atoms with Crippen LogP contribution in [0.15, 0.2) is 46.8 Å². The monoisotopic (exact) mass is 558 g/mol. The van der Waals surface area contributed by atoms with Gasteiger partial charge >= 0.3 is 5.97 Å². The number of aromatic nitrogens is 1. The van der Waals surface area contributed by atoms with E-state index >= 15 is 0 Å². The van der Waals surface area contributed by atoms with Crippen molar-refractivity contribution in [3.05, 3.63) is 58.7 Å². The number of rotatable bonds is 7. The number of aromatic carboxylic acids is 1. The first-order chi connectivity index (χ1) is 18.0.